The average molecular weight is 141 g/mol. The van der Waals surface area contributed by atoms with Crippen molar-refractivity contribution in [1.29, 1.82) is 0 Å². The fourth-order valence-corrected chi connectivity index (χ4v) is 1.66. The molecule has 1 aliphatic rings. The Labute approximate surface area is 63.4 Å². The maximum Gasteiger partial charge on any atom is 0.0177 e. The van der Waals surface area contributed by atoms with E-state index in [2.05, 4.69) is 17.6 Å². The molecule has 2 atom stereocenters. The topological polar surface area (TPSA) is 26.1 Å². The minimum Gasteiger partial charge on any atom is -0.319 e. The second-order valence-corrected chi connectivity index (χ2v) is 3.07. The van der Waals surface area contributed by atoms with Crippen molar-refractivity contribution in [3.05, 3.63) is 0 Å². The molecule has 0 amide bonds. The van der Waals surface area contributed by atoms with Crippen LogP contribution in [0.25, 0.3) is 0 Å². The van der Waals surface area contributed by atoms with Gasteiger partial charge in [-0.25, -0.2) is 5.32 Å². The molecule has 1 fully saturated rings. The van der Waals surface area contributed by atoms with Crippen molar-refractivity contribution in [2.75, 3.05) is 26.7 Å². The molecule has 2 nitrogen and oxygen atoms in total. The predicted molar refractivity (Wildman–Crippen MR) is 43.1 cm³/mol. The second-order valence-electron chi connectivity index (χ2n) is 3.07. The van der Waals surface area contributed by atoms with E-state index in [1.165, 1.54) is 6.42 Å². The van der Waals surface area contributed by atoms with E-state index in [1.54, 1.807) is 0 Å². The highest BCUT2D eigenvalue weighted by atomic mass is 14.9. The minimum atomic E-state index is 0.815. The van der Waals surface area contributed by atoms with Crippen molar-refractivity contribution in [1.82, 2.24) is 10.6 Å². The van der Waals surface area contributed by atoms with Gasteiger partial charge in [0.2, 0.25) is 0 Å². The normalized spacial score (nSPS) is 33.0. The van der Waals surface area contributed by atoms with E-state index >= 15 is 0 Å². The van der Waals surface area contributed by atoms with Crippen LogP contribution < -0.4 is 10.6 Å². The fourth-order valence-electron chi connectivity index (χ4n) is 1.66. The molecule has 1 N–H and O–H groups in total. The summed E-state index contributed by atoms with van der Waals surface area (Å²) in [4.78, 5) is 0. The molecule has 0 aromatic rings. The first-order valence-electron chi connectivity index (χ1n) is 4.16. The highest BCUT2D eigenvalue weighted by Crippen LogP contribution is 2.19. The van der Waals surface area contributed by atoms with E-state index in [4.69, 9.17) is 0 Å². The molecule has 1 aliphatic heterocycles. The highest BCUT2D eigenvalue weighted by Gasteiger charge is 2.25. The molecule has 1 rings (SSSR count). The average Bonchev–Trinajstić information content (AvgIpc) is 2.36. The van der Waals surface area contributed by atoms with Crippen LogP contribution in [0.4, 0.5) is 0 Å². The zero-order valence-electron chi connectivity index (χ0n) is 6.93. The Bertz CT molecular complexity index is 93.3. The van der Waals surface area contributed by atoms with Gasteiger partial charge >= 0.3 is 0 Å². The summed E-state index contributed by atoms with van der Waals surface area (Å²) in [5.74, 6) is 1.67. The van der Waals surface area contributed by atoms with Crippen LogP contribution in [-0.4, -0.2) is 26.7 Å². The van der Waals surface area contributed by atoms with Gasteiger partial charge in [-0.15, -0.1) is 0 Å². The summed E-state index contributed by atoms with van der Waals surface area (Å²) >= 11 is 0. The fraction of sp³-hybridized carbons (Fsp3) is 1.00. The minimum absolute atomic E-state index is 0.815. The van der Waals surface area contributed by atoms with Gasteiger partial charge < -0.3 is 5.32 Å². The van der Waals surface area contributed by atoms with Crippen LogP contribution in [0.3, 0.4) is 0 Å². The van der Waals surface area contributed by atoms with Gasteiger partial charge in [0.25, 0.3) is 0 Å². The first-order chi connectivity index (χ1) is 4.88. The molecule has 0 aromatic carbocycles. The third-order valence-electron chi connectivity index (χ3n) is 2.38. The number of hydrogen-bond acceptors (Lipinski definition) is 1. The Balaban J connectivity index is 2.27. The first-order valence-corrected chi connectivity index (χ1v) is 4.16. The van der Waals surface area contributed by atoms with Crippen molar-refractivity contribution in [2.24, 2.45) is 11.8 Å². The summed E-state index contributed by atoms with van der Waals surface area (Å²) in [7, 11) is 2.02. The van der Waals surface area contributed by atoms with E-state index in [0.717, 1.165) is 31.5 Å². The molecular weight excluding hydrogens is 124 g/mol. The SMILES string of the molecule is CCC1C[N]CC1CNC. The number of hydrogen-bond donors (Lipinski definition) is 1. The maximum atomic E-state index is 4.40. The van der Waals surface area contributed by atoms with Gasteiger partial charge in [-0.1, -0.05) is 13.3 Å². The lowest BCUT2D eigenvalue weighted by Crippen LogP contribution is -2.24. The van der Waals surface area contributed by atoms with Crippen LogP contribution in [0.15, 0.2) is 0 Å². The maximum absolute atomic E-state index is 4.40. The lowest BCUT2D eigenvalue weighted by Gasteiger charge is -2.14. The first kappa shape index (κ1) is 8.02. The zero-order chi connectivity index (χ0) is 7.40. The Morgan fingerprint density at radius 3 is 2.70 bits per heavy atom. The van der Waals surface area contributed by atoms with Gasteiger partial charge in [0, 0.05) is 13.1 Å². The molecule has 59 valence electrons. The lowest BCUT2D eigenvalue weighted by molar-refractivity contribution is 0.396. The van der Waals surface area contributed by atoms with Gasteiger partial charge in [-0.2, -0.15) is 0 Å². The van der Waals surface area contributed by atoms with E-state index in [1.807, 2.05) is 7.05 Å². The Kier molecular flexibility index (Phi) is 3.16. The smallest absolute Gasteiger partial charge is 0.0177 e. The lowest BCUT2D eigenvalue weighted by atomic mass is 9.94. The summed E-state index contributed by atoms with van der Waals surface area (Å²) < 4.78 is 0. The standard InChI is InChI=1S/C8H17N2/c1-3-7-5-10-6-8(7)4-9-2/h7-9H,3-6H2,1-2H3. The predicted octanol–water partition coefficient (Wildman–Crippen LogP) is 0.466. The van der Waals surface area contributed by atoms with Gasteiger partial charge in [0.1, 0.15) is 0 Å². The molecule has 2 unspecified atom stereocenters. The molecule has 10 heavy (non-hydrogen) atoms. The van der Waals surface area contributed by atoms with Gasteiger partial charge in [-0.05, 0) is 25.4 Å². The quantitative estimate of drug-likeness (QED) is 0.607. The molecule has 0 aromatic heterocycles. The zero-order valence-corrected chi connectivity index (χ0v) is 6.93. The molecule has 0 saturated carbocycles. The van der Waals surface area contributed by atoms with Crippen LogP contribution >= 0.6 is 0 Å². The summed E-state index contributed by atoms with van der Waals surface area (Å²) in [5, 5.41) is 7.61. The van der Waals surface area contributed by atoms with Crippen LogP contribution in [0.5, 0.6) is 0 Å². The molecule has 0 spiro atoms. The van der Waals surface area contributed by atoms with Crippen molar-refractivity contribution in [3.63, 3.8) is 0 Å². The number of nitrogens with one attached hydrogen (secondary N) is 1. The number of rotatable bonds is 3. The van der Waals surface area contributed by atoms with Crippen LogP contribution in [0.1, 0.15) is 13.3 Å². The summed E-state index contributed by atoms with van der Waals surface area (Å²) in [6, 6.07) is 0. The van der Waals surface area contributed by atoms with Crippen LogP contribution in [-0.2, 0) is 0 Å². The molecule has 1 saturated heterocycles. The van der Waals surface area contributed by atoms with Crippen LogP contribution in [0.2, 0.25) is 0 Å². The molecule has 2 heteroatoms. The Morgan fingerprint density at radius 2 is 2.10 bits per heavy atom. The molecule has 1 heterocycles. The van der Waals surface area contributed by atoms with E-state index in [0.29, 0.717) is 0 Å². The summed E-state index contributed by atoms with van der Waals surface area (Å²) in [6.07, 6.45) is 1.29. The summed E-state index contributed by atoms with van der Waals surface area (Å²) in [6.45, 7) is 5.58. The number of nitrogens with zero attached hydrogens (tertiary/aromatic N) is 1. The van der Waals surface area contributed by atoms with E-state index in [9.17, 15) is 0 Å². The third kappa shape index (κ3) is 1.70. The summed E-state index contributed by atoms with van der Waals surface area (Å²) in [5.41, 5.74) is 0. The van der Waals surface area contributed by atoms with Crippen molar-refractivity contribution < 1.29 is 0 Å². The second kappa shape index (κ2) is 3.94. The highest BCUT2D eigenvalue weighted by molar-refractivity contribution is 4.80. The van der Waals surface area contributed by atoms with E-state index in [-0.39, 0.29) is 0 Å². The van der Waals surface area contributed by atoms with Gasteiger partial charge in [0.05, 0.1) is 0 Å². The van der Waals surface area contributed by atoms with Gasteiger partial charge in [0.15, 0.2) is 0 Å². The van der Waals surface area contributed by atoms with Crippen molar-refractivity contribution in [2.45, 2.75) is 13.3 Å². The molecule has 0 aliphatic carbocycles. The Morgan fingerprint density at radius 1 is 1.40 bits per heavy atom. The van der Waals surface area contributed by atoms with Gasteiger partial charge in [-0.3, -0.25) is 0 Å². The van der Waals surface area contributed by atoms with Crippen LogP contribution in [0, 0.1) is 11.8 Å². The molecular formula is C8H17N2. The third-order valence-corrected chi connectivity index (χ3v) is 2.38. The van der Waals surface area contributed by atoms with Crippen molar-refractivity contribution in [3.8, 4) is 0 Å². The molecule has 0 bridgehead atoms. The monoisotopic (exact) mass is 141 g/mol. The molecule has 1 radical (unpaired) electrons. The van der Waals surface area contributed by atoms with Crippen molar-refractivity contribution >= 4 is 0 Å². The Hall–Kier alpha value is -0.0800. The largest absolute Gasteiger partial charge is 0.319 e. The van der Waals surface area contributed by atoms with E-state index < -0.39 is 0 Å².